The Labute approximate surface area is 132 Å². The van der Waals surface area contributed by atoms with Crippen molar-refractivity contribution in [2.24, 2.45) is 4.99 Å². The van der Waals surface area contributed by atoms with Gasteiger partial charge in [0.1, 0.15) is 12.4 Å². The van der Waals surface area contributed by atoms with E-state index in [2.05, 4.69) is 10.3 Å². The highest BCUT2D eigenvalue weighted by Crippen LogP contribution is 2.18. The molecule has 0 atom stereocenters. The molecule has 1 aromatic carbocycles. The summed E-state index contributed by atoms with van der Waals surface area (Å²) in [5.41, 5.74) is 0. The Morgan fingerprint density at radius 2 is 2.14 bits per heavy atom. The molecule has 0 aliphatic heterocycles. The fourth-order valence-corrected chi connectivity index (χ4v) is 1.84. The summed E-state index contributed by atoms with van der Waals surface area (Å²) in [6, 6.07) is 6.99. The molecule has 0 bridgehead atoms. The van der Waals surface area contributed by atoms with E-state index in [9.17, 15) is 13.2 Å². The normalized spacial score (nSPS) is 12.2. The van der Waals surface area contributed by atoms with E-state index in [4.69, 9.17) is 16.3 Å². The molecule has 1 N–H and O–H groups in total. The number of benzene rings is 1. The molecular formula is C14H19ClF3N3O. The average molecular weight is 338 g/mol. The van der Waals surface area contributed by atoms with E-state index >= 15 is 0 Å². The van der Waals surface area contributed by atoms with Crippen LogP contribution in [0.4, 0.5) is 13.2 Å². The van der Waals surface area contributed by atoms with Crippen molar-refractivity contribution < 1.29 is 17.9 Å². The molecule has 0 radical (unpaired) electrons. The van der Waals surface area contributed by atoms with Gasteiger partial charge in [-0.05, 0) is 18.2 Å². The van der Waals surface area contributed by atoms with Crippen LogP contribution in [-0.4, -0.2) is 50.8 Å². The van der Waals surface area contributed by atoms with Gasteiger partial charge in [-0.3, -0.25) is 4.99 Å². The van der Waals surface area contributed by atoms with Gasteiger partial charge in [-0.2, -0.15) is 13.2 Å². The molecule has 0 heterocycles. The van der Waals surface area contributed by atoms with Gasteiger partial charge in [-0.1, -0.05) is 17.7 Å². The van der Waals surface area contributed by atoms with Gasteiger partial charge in [0.15, 0.2) is 5.96 Å². The van der Waals surface area contributed by atoms with Crippen molar-refractivity contribution in [3.8, 4) is 5.75 Å². The highest BCUT2D eigenvalue weighted by Gasteiger charge is 2.26. The molecule has 22 heavy (non-hydrogen) atoms. The summed E-state index contributed by atoms with van der Waals surface area (Å²) in [7, 11) is 3.24. The summed E-state index contributed by atoms with van der Waals surface area (Å²) in [4.78, 5) is 5.63. The summed E-state index contributed by atoms with van der Waals surface area (Å²) in [5.74, 6) is 1.03. The molecule has 0 saturated carbocycles. The van der Waals surface area contributed by atoms with Crippen molar-refractivity contribution in [3.05, 3.63) is 29.3 Å². The molecule has 0 aliphatic carbocycles. The third-order valence-corrected chi connectivity index (χ3v) is 2.99. The predicted octanol–water partition coefficient (Wildman–Crippen LogP) is 3.18. The van der Waals surface area contributed by atoms with Crippen LogP contribution in [0.2, 0.25) is 5.02 Å². The lowest BCUT2D eigenvalue weighted by molar-refractivity contribution is -0.132. The van der Waals surface area contributed by atoms with Crippen molar-refractivity contribution in [2.75, 3.05) is 33.8 Å². The molecule has 124 valence electrons. The van der Waals surface area contributed by atoms with Crippen LogP contribution in [0.15, 0.2) is 29.3 Å². The number of guanidine groups is 1. The summed E-state index contributed by atoms with van der Waals surface area (Å²) in [6.45, 7) is 0.616. The van der Waals surface area contributed by atoms with E-state index in [-0.39, 0.29) is 6.54 Å². The second-order valence-electron chi connectivity index (χ2n) is 4.57. The Bertz CT molecular complexity index is 494. The van der Waals surface area contributed by atoms with E-state index in [1.54, 1.807) is 36.2 Å². The maximum absolute atomic E-state index is 12.1. The van der Waals surface area contributed by atoms with E-state index < -0.39 is 12.6 Å². The van der Waals surface area contributed by atoms with Gasteiger partial charge < -0.3 is 15.0 Å². The average Bonchev–Trinajstić information content (AvgIpc) is 2.42. The monoisotopic (exact) mass is 337 g/mol. The maximum atomic E-state index is 12.1. The first kappa shape index (κ1) is 18.4. The molecule has 1 rings (SSSR count). The number of nitrogens with one attached hydrogen (secondary N) is 1. The van der Waals surface area contributed by atoms with Crippen LogP contribution in [0.5, 0.6) is 5.75 Å². The predicted molar refractivity (Wildman–Crippen MR) is 81.6 cm³/mol. The fourth-order valence-electron chi connectivity index (χ4n) is 1.66. The van der Waals surface area contributed by atoms with E-state index in [0.29, 0.717) is 29.9 Å². The zero-order chi connectivity index (χ0) is 16.6. The van der Waals surface area contributed by atoms with Gasteiger partial charge in [0.05, 0.1) is 13.0 Å². The minimum absolute atomic E-state index is 0.213. The summed E-state index contributed by atoms with van der Waals surface area (Å²) < 4.78 is 41.9. The first-order valence-corrected chi connectivity index (χ1v) is 7.06. The molecule has 4 nitrogen and oxygen atoms in total. The molecule has 0 aliphatic rings. The van der Waals surface area contributed by atoms with Crippen LogP contribution in [0.3, 0.4) is 0 Å². The van der Waals surface area contributed by atoms with Crippen LogP contribution >= 0.6 is 11.6 Å². The van der Waals surface area contributed by atoms with Crippen LogP contribution in [0.25, 0.3) is 0 Å². The number of aliphatic imine (C=N–C) groups is 1. The first-order chi connectivity index (χ1) is 10.3. The molecule has 1 aromatic rings. The summed E-state index contributed by atoms with van der Waals surface area (Å²) in [6.07, 6.45) is -5.08. The van der Waals surface area contributed by atoms with Gasteiger partial charge in [0, 0.05) is 25.7 Å². The number of likely N-dealkylation sites (N-methyl/N-ethyl adjacent to an activating group) is 1. The first-order valence-electron chi connectivity index (χ1n) is 6.69. The van der Waals surface area contributed by atoms with Crippen molar-refractivity contribution in [3.63, 3.8) is 0 Å². The van der Waals surface area contributed by atoms with Crippen molar-refractivity contribution in [2.45, 2.75) is 12.6 Å². The van der Waals surface area contributed by atoms with Crippen molar-refractivity contribution in [1.82, 2.24) is 10.2 Å². The molecule has 0 fully saturated rings. The lowest BCUT2D eigenvalue weighted by Crippen LogP contribution is -2.42. The van der Waals surface area contributed by atoms with Crippen LogP contribution in [0, 0.1) is 0 Å². The topological polar surface area (TPSA) is 36.9 Å². The highest BCUT2D eigenvalue weighted by atomic mass is 35.5. The summed E-state index contributed by atoms with van der Waals surface area (Å²) >= 11 is 5.84. The van der Waals surface area contributed by atoms with Crippen LogP contribution < -0.4 is 10.1 Å². The minimum atomic E-state index is -4.18. The largest absolute Gasteiger partial charge is 0.492 e. The van der Waals surface area contributed by atoms with Crippen LogP contribution in [0.1, 0.15) is 6.42 Å². The Balaban J connectivity index is 2.34. The zero-order valence-electron chi connectivity index (χ0n) is 12.5. The summed E-state index contributed by atoms with van der Waals surface area (Å²) in [5, 5.41) is 3.24. The van der Waals surface area contributed by atoms with Crippen molar-refractivity contribution in [1.29, 1.82) is 0 Å². The molecule has 0 spiro atoms. The lowest BCUT2D eigenvalue weighted by atomic mass is 10.3. The van der Waals surface area contributed by atoms with Crippen LogP contribution in [-0.2, 0) is 0 Å². The molecule has 8 heteroatoms. The standard InChI is InChI=1S/C14H19ClF3N3O/c1-19-13(20-7-6-14(16,17)18)21(2)8-9-22-12-5-3-4-11(15)10-12/h3-5,10H,6-9H2,1-2H3,(H,19,20). The number of nitrogens with zero attached hydrogens (tertiary/aromatic N) is 2. The third kappa shape index (κ3) is 7.40. The third-order valence-electron chi connectivity index (χ3n) is 2.76. The number of hydrogen-bond donors (Lipinski definition) is 1. The van der Waals surface area contributed by atoms with E-state index in [1.807, 2.05) is 0 Å². The SMILES string of the molecule is CN=C(NCCC(F)(F)F)N(C)CCOc1cccc(Cl)c1. The second kappa shape index (κ2) is 8.73. The number of hydrogen-bond acceptors (Lipinski definition) is 2. The Hall–Kier alpha value is -1.63. The highest BCUT2D eigenvalue weighted by molar-refractivity contribution is 6.30. The van der Waals surface area contributed by atoms with Gasteiger partial charge in [-0.25, -0.2) is 0 Å². The van der Waals surface area contributed by atoms with Gasteiger partial charge in [0.25, 0.3) is 0 Å². The number of alkyl halides is 3. The quantitative estimate of drug-likeness (QED) is 0.640. The van der Waals surface area contributed by atoms with E-state index in [1.165, 1.54) is 7.05 Å². The Morgan fingerprint density at radius 3 is 2.73 bits per heavy atom. The number of ether oxygens (including phenoxy) is 1. The van der Waals surface area contributed by atoms with E-state index in [0.717, 1.165) is 0 Å². The van der Waals surface area contributed by atoms with Crippen molar-refractivity contribution >= 4 is 17.6 Å². The number of rotatable bonds is 6. The second-order valence-corrected chi connectivity index (χ2v) is 5.00. The minimum Gasteiger partial charge on any atom is -0.492 e. The van der Waals surface area contributed by atoms with Gasteiger partial charge in [0.2, 0.25) is 0 Å². The van der Waals surface area contributed by atoms with Gasteiger partial charge in [-0.15, -0.1) is 0 Å². The molecule has 0 aromatic heterocycles. The molecule has 0 unspecified atom stereocenters. The zero-order valence-corrected chi connectivity index (χ0v) is 13.2. The fraction of sp³-hybridized carbons (Fsp3) is 0.500. The lowest BCUT2D eigenvalue weighted by Gasteiger charge is -2.22. The smallest absolute Gasteiger partial charge is 0.390 e. The number of halogens is 4. The molecule has 0 amide bonds. The van der Waals surface area contributed by atoms with Gasteiger partial charge >= 0.3 is 6.18 Å². The Kier molecular flexibility index (Phi) is 7.31. The Morgan fingerprint density at radius 1 is 1.41 bits per heavy atom. The molecule has 0 saturated heterocycles. The maximum Gasteiger partial charge on any atom is 0.390 e. The molecular weight excluding hydrogens is 319 g/mol.